The van der Waals surface area contributed by atoms with Gasteiger partial charge >= 0.3 is 0 Å². The lowest BCUT2D eigenvalue weighted by molar-refractivity contribution is -0.123. The summed E-state index contributed by atoms with van der Waals surface area (Å²) in [6.45, 7) is -0.276. The molecule has 0 fully saturated rings. The number of amides is 3. The van der Waals surface area contributed by atoms with Crippen molar-refractivity contribution in [1.82, 2.24) is 10.9 Å². The van der Waals surface area contributed by atoms with E-state index in [1.807, 2.05) is 48.5 Å². The van der Waals surface area contributed by atoms with E-state index < -0.39 is 17.7 Å². The standard InChI is InChI=1S/C26H21N3O5/c30-24(17-34-22-10-5-4-9-21(22)18-7-2-1-3-8-18)28-29-25(31)19-12-14-20(15-13-19)27-26(32)23-11-6-16-33-23/h1-16H,17H2,(H,27,32)(H,28,30)(H,29,31). The predicted molar refractivity (Wildman–Crippen MR) is 126 cm³/mol. The van der Waals surface area contributed by atoms with Crippen molar-refractivity contribution in [2.45, 2.75) is 0 Å². The number of carbonyl (C=O) groups excluding carboxylic acids is 3. The van der Waals surface area contributed by atoms with Crippen molar-refractivity contribution in [3.63, 3.8) is 0 Å². The maximum absolute atomic E-state index is 12.3. The van der Waals surface area contributed by atoms with Gasteiger partial charge in [0.25, 0.3) is 17.7 Å². The predicted octanol–water partition coefficient (Wildman–Crippen LogP) is 4.04. The Bertz CT molecular complexity index is 1270. The van der Waals surface area contributed by atoms with Crippen LogP contribution in [0.25, 0.3) is 11.1 Å². The Hall–Kier alpha value is -4.85. The number of para-hydroxylation sites is 1. The molecule has 0 radical (unpaired) electrons. The third-order valence-electron chi connectivity index (χ3n) is 4.80. The molecule has 1 aromatic heterocycles. The van der Waals surface area contributed by atoms with Crippen LogP contribution < -0.4 is 20.9 Å². The summed E-state index contributed by atoms with van der Waals surface area (Å²) in [6.07, 6.45) is 1.41. The third-order valence-corrected chi connectivity index (χ3v) is 4.80. The zero-order valence-electron chi connectivity index (χ0n) is 18.0. The number of hydrazine groups is 1. The number of ether oxygens (including phenoxy) is 1. The number of carbonyl (C=O) groups is 3. The van der Waals surface area contributed by atoms with Gasteiger partial charge in [-0.3, -0.25) is 25.2 Å². The monoisotopic (exact) mass is 455 g/mol. The summed E-state index contributed by atoms with van der Waals surface area (Å²) in [5, 5.41) is 2.66. The minimum Gasteiger partial charge on any atom is -0.483 e. The molecule has 0 aliphatic rings. The fourth-order valence-corrected chi connectivity index (χ4v) is 3.13. The summed E-state index contributed by atoms with van der Waals surface area (Å²) in [4.78, 5) is 36.5. The van der Waals surface area contributed by atoms with Crippen LogP contribution in [0.2, 0.25) is 0 Å². The summed E-state index contributed by atoms with van der Waals surface area (Å²) in [5.41, 5.74) is 7.29. The molecule has 1 heterocycles. The van der Waals surface area contributed by atoms with Gasteiger partial charge in [-0.25, -0.2) is 0 Å². The molecular formula is C26H21N3O5. The fraction of sp³-hybridized carbons (Fsp3) is 0.0385. The van der Waals surface area contributed by atoms with Crippen LogP contribution in [0.5, 0.6) is 5.75 Å². The second-order valence-electron chi connectivity index (χ2n) is 7.16. The molecule has 4 rings (SSSR count). The Labute approximate surface area is 195 Å². The highest BCUT2D eigenvalue weighted by molar-refractivity contribution is 6.02. The van der Waals surface area contributed by atoms with Crippen LogP contribution >= 0.6 is 0 Å². The van der Waals surface area contributed by atoms with Gasteiger partial charge in [0.15, 0.2) is 12.4 Å². The molecule has 4 aromatic rings. The van der Waals surface area contributed by atoms with E-state index in [4.69, 9.17) is 9.15 Å². The zero-order valence-corrected chi connectivity index (χ0v) is 18.0. The maximum atomic E-state index is 12.3. The lowest BCUT2D eigenvalue weighted by Crippen LogP contribution is -2.43. The zero-order chi connectivity index (χ0) is 23.8. The summed E-state index contributed by atoms with van der Waals surface area (Å²) in [7, 11) is 0. The third kappa shape index (κ3) is 5.68. The molecule has 3 N–H and O–H groups in total. The first kappa shape index (κ1) is 22.3. The van der Waals surface area contributed by atoms with E-state index >= 15 is 0 Å². The Morgan fingerprint density at radius 2 is 1.47 bits per heavy atom. The van der Waals surface area contributed by atoms with E-state index in [9.17, 15) is 14.4 Å². The van der Waals surface area contributed by atoms with Crippen molar-refractivity contribution < 1.29 is 23.5 Å². The first-order valence-electron chi connectivity index (χ1n) is 10.4. The number of nitrogens with one attached hydrogen (secondary N) is 3. The highest BCUT2D eigenvalue weighted by Gasteiger charge is 2.12. The topological polar surface area (TPSA) is 110 Å². The highest BCUT2D eigenvalue weighted by Crippen LogP contribution is 2.29. The molecule has 8 nitrogen and oxygen atoms in total. The van der Waals surface area contributed by atoms with Crippen LogP contribution in [0.1, 0.15) is 20.9 Å². The second kappa shape index (κ2) is 10.6. The summed E-state index contributed by atoms with van der Waals surface area (Å²) < 4.78 is 10.7. The van der Waals surface area contributed by atoms with Crippen molar-refractivity contribution in [2.75, 3.05) is 11.9 Å². The number of anilines is 1. The molecule has 0 spiro atoms. The molecule has 0 aliphatic carbocycles. The second-order valence-corrected chi connectivity index (χ2v) is 7.16. The van der Waals surface area contributed by atoms with Crippen molar-refractivity contribution in [2.24, 2.45) is 0 Å². The molecule has 34 heavy (non-hydrogen) atoms. The van der Waals surface area contributed by atoms with Crippen molar-refractivity contribution >= 4 is 23.4 Å². The van der Waals surface area contributed by atoms with E-state index in [0.717, 1.165) is 11.1 Å². The van der Waals surface area contributed by atoms with Gasteiger partial charge in [0.1, 0.15) is 5.75 Å². The number of hydrogen-bond donors (Lipinski definition) is 3. The van der Waals surface area contributed by atoms with Crippen LogP contribution in [0.3, 0.4) is 0 Å². The van der Waals surface area contributed by atoms with Gasteiger partial charge < -0.3 is 14.5 Å². The average Bonchev–Trinajstić information content (AvgIpc) is 3.42. The summed E-state index contributed by atoms with van der Waals surface area (Å²) in [5.74, 6) is -0.690. The molecule has 170 valence electrons. The van der Waals surface area contributed by atoms with Gasteiger partial charge in [-0.2, -0.15) is 0 Å². The highest BCUT2D eigenvalue weighted by atomic mass is 16.5. The first-order chi connectivity index (χ1) is 16.6. The van der Waals surface area contributed by atoms with Crippen LogP contribution in [-0.2, 0) is 4.79 Å². The molecule has 0 unspecified atom stereocenters. The summed E-state index contributed by atoms with van der Waals surface area (Å²) in [6, 6.07) is 26.4. The van der Waals surface area contributed by atoms with Crippen molar-refractivity contribution in [1.29, 1.82) is 0 Å². The Kier molecular flexibility index (Phi) is 7.00. The normalized spacial score (nSPS) is 10.2. The minimum absolute atomic E-state index is 0.179. The van der Waals surface area contributed by atoms with Gasteiger partial charge in [0.05, 0.1) is 6.26 Å². The van der Waals surface area contributed by atoms with Crippen LogP contribution in [0.15, 0.2) is 102 Å². The minimum atomic E-state index is -0.515. The Balaban J connectivity index is 1.27. The molecule has 3 aromatic carbocycles. The first-order valence-corrected chi connectivity index (χ1v) is 10.4. The lowest BCUT2D eigenvalue weighted by atomic mass is 10.1. The molecule has 3 amide bonds. The average molecular weight is 455 g/mol. The number of benzene rings is 3. The summed E-state index contributed by atoms with van der Waals surface area (Å²) >= 11 is 0. The van der Waals surface area contributed by atoms with E-state index in [1.54, 1.807) is 30.3 Å². The van der Waals surface area contributed by atoms with Gasteiger partial charge in [-0.15, -0.1) is 0 Å². The Morgan fingerprint density at radius 1 is 0.735 bits per heavy atom. The maximum Gasteiger partial charge on any atom is 0.291 e. The van der Waals surface area contributed by atoms with E-state index in [1.165, 1.54) is 18.4 Å². The van der Waals surface area contributed by atoms with E-state index in [2.05, 4.69) is 16.2 Å². The largest absolute Gasteiger partial charge is 0.483 e. The van der Waals surface area contributed by atoms with Crippen molar-refractivity contribution in [3.05, 3.63) is 109 Å². The number of rotatable bonds is 7. The molecule has 8 heteroatoms. The smallest absolute Gasteiger partial charge is 0.291 e. The van der Waals surface area contributed by atoms with Gasteiger partial charge in [0, 0.05) is 16.8 Å². The van der Waals surface area contributed by atoms with E-state index in [-0.39, 0.29) is 12.4 Å². The van der Waals surface area contributed by atoms with Gasteiger partial charge in [-0.05, 0) is 48.0 Å². The fourth-order valence-electron chi connectivity index (χ4n) is 3.13. The van der Waals surface area contributed by atoms with Gasteiger partial charge in [0.2, 0.25) is 0 Å². The molecule has 0 saturated heterocycles. The Morgan fingerprint density at radius 3 is 2.21 bits per heavy atom. The lowest BCUT2D eigenvalue weighted by Gasteiger charge is -2.12. The molecule has 0 bridgehead atoms. The van der Waals surface area contributed by atoms with Crippen LogP contribution in [0.4, 0.5) is 5.69 Å². The molecule has 0 saturated carbocycles. The van der Waals surface area contributed by atoms with E-state index in [0.29, 0.717) is 17.0 Å². The van der Waals surface area contributed by atoms with Gasteiger partial charge in [-0.1, -0.05) is 48.5 Å². The number of furan rings is 1. The van der Waals surface area contributed by atoms with Crippen LogP contribution in [-0.4, -0.2) is 24.3 Å². The molecule has 0 atom stereocenters. The van der Waals surface area contributed by atoms with Crippen LogP contribution in [0, 0.1) is 0 Å². The van der Waals surface area contributed by atoms with Crippen molar-refractivity contribution in [3.8, 4) is 16.9 Å². The molecule has 0 aliphatic heterocycles. The SMILES string of the molecule is O=C(COc1ccccc1-c1ccccc1)NNC(=O)c1ccc(NC(=O)c2ccco2)cc1. The quantitative estimate of drug-likeness (QED) is 0.365. The number of hydrogen-bond acceptors (Lipinski definition) is 5. The molecular weight excluding hydrogens is 434 g/mol.